The van der Waals surface area contributed by atoms with Crippen molar-refractivity contribution < 1.29 is 0 Å². The fourth-order valence-corrected chi connectivity index (χ4v) is 1.25. The molecule has 66 valence electrons. The van der Waals surface area contributed by atoms with E-state index in [-0.39, 0.29) is 0 Å². The summed E-state index contributed by atoms with van der Waals surface area (Å²) in [5.41, 5.74) is 2.47. The molecule has 1 heterocycles. The lowest BCUT2D eigenvalue weighted by Gasteiger charge is -1.99. The van der Waals surface area contributed by atoms with Crippen molar-refractivity contribution in [1.29, 1.82) is 0 Å². The summed E-state index contributed by atoms with van der Waals surface area (Å²) in [7, 11) is 0. The van der Waals surface area contributed by atoms with Crippen LogP contribution in [0.5, 0.6) is 0 Å². The van der Waals surface area contributed by atoms with Gasteiger partial charge in [-0.25, -0.2) is 0 Å². The first kappa shape index (κ1) is 9.04. The number of aryl methyl sites for hydroxylation is 2. The number of rotatable bonds is 4. The van der Waals surface area contributed by atoms with Crippen molar-refractivity contribution in [1.82, 2.24) is 9.78 Å². The van der Waals surface area contributed by atoms with Gasteiger partial charge in [-0.2, -0.15) is 5.10 Å². The summed E-state index contributed by atoms with van der Waals surface area (Å²) in [5, 5.41) is 4.43. The third-order valence-corrected chi connectivity index (χ3v) is 1.94. The van der Waals surface area contributed by atoms with Gasteiger partial charge in [0.2, 0.25) is 0 Å². The number of hydrogen-bond donors (Lipinski definition) is 0. The first-order valence-corrected chi connectivity index (χ1v) is 4.48. The number of nitrogens with zero attached hydrogens (tertiary/aromatic N) is 2. The average molecular weight is 164 g/mol. The summed E-state index contributed by atoms with van der Waals surface area (Å²) in [6.07, 6.45) is 3.93. The Bertz CT molecular complexity index is 261. The molecule has 12 heavy (non-hydrogen) atoms. The summed E-state index contributed by atoms with van der Waals surface area (Å²) in [5.74, 6) is 0. The van der Waals surface area contributed by atoms with Gasteiger partial charge in [-0.1, -0.05) is 19.9 Å². The molecule has 2 nitrogen and oxygen atoms in total. The molecule has 0 aromatic carbocycles. The van der Waals surface area contributed by atoms with E-state index in [0.717, 1.165) is 19.4 Å². The highest BCUT2D eigenvalue weighted by molar-refractivity contribution is 5.10. The summed E-state index contributed by atoms with van der Waals surface area (Å²) < 4.78 is 2.02. The van der Waals surface area contributed by atoms with Gasteiger partial charge in [0.15, 0.2) is 0 Å². The lowest BCUT2D eigenvalue weighted by Crippen LogP contribution is -2.02. The van der Waals surface area contributed by atoms with Crippen molar-refractivity contribution in [2.45, 2.75) is 33.2 Å². The summed E-state index contributed by atoms with van der Waals surface area (Å²) >= 11 is 0. The molecule has 0 fully saturated rings. The van der Waals surface area contributed by atoms with E-state index < -0.39 is 0 Å². The maximum absolute atomic E-state index is 4.43. The van der Waals surface area contributed by atoms with Crippen molar-refractivity contribution in [3.63, 3.8) is 0 Å². The zero-order valence-corrected chi connectivity index (χ0v) is 7.88. The maximum Gasteiger partial charge on any atom is 0.0624 e. The van der Waals surface area contributed by atoms with E-state index >= 15 is 0 Å². The van der Waals surface area contributed by atoms with Crippen LogP contribution in [0.4, 0.5) is 0 Å². The van der Waals surface area contributed by atoms with Crippen molar-refractivity contribution in [2.75, 3.05) is 0 Å². The van der Waals surface area contributed by atoms with Crippen LogP contribution in [0.2, 0.25) is 0 Å². The van der Waals surface area contributed by atoms with E-state index in [0.29, 0.717) is 0 Å². The van der Waals surface area contributed by atoms with Gasteiger partial charge in [0.05, 0.1) is 12.2 Å². The SMILES string of the molecule is C=CCn1nc(CC)cc1CC. The molecule has 2 heteroatoms. The van der Waals surface area contributed by atoms with Crippen LogP contribution >= 0.6 is 0 Å². The van der Waals surface area contributed by atoms with E-state index in [2.05, 4.69) is 31.6 Å². The van der Waals surface area contributed by atoms with E-state index in [1.807, 2.05) is 10.8 Å². The summed E-state index contributed by atoms with van der Waals surface area (Å²) in [6.45, 7) is 8.80. The van der Waals surface area contributed by atoms with Gasteiger partial charge < -0.3 is 0 Å². The second-order valence-corrected chi connectivity index (χ2v) is 2.80. The molecular weight excluding hydrogens is 148 g/mol. The number of aromatic nitrogens is 2. The van der Waals surface area contributed by atoms with Gasteiger partial charge in [0.1, 0.15) is 0 Å². The second kappa shape index (κ2) is 4.10. The van der Waals surface area contributed by atoms with Gasteiger partial charge in [0.25, 0.3) is 0 Å². The van der Waals surface area contributed by atoms with Crippen LogP contribution in [-0.2, 0) is 19.4 Å². The van der Waals surface area contributed by atoms with Crippen LogP contribution in [-0.4, -0.2) is 9.78 Å². The molecule has 0 aliphatic carbocycles. The summed E-state index contributed by atoms with van der Waals surface area (Å²) in [6, 6.07) is 2.17. The molecule has 0 amide bonds. The van der Waals surface area contributed by atoms with Gasteiger partial charge in [0, 0.05) is 5.69 Å². The molecule has 1 aromatic heterocycles. The van der Waals surface area contributed by atoms with E-state index in [1.165, 1.54) is 11.4 Å². The zero-order valence-electron chi connectivity index (χ0n) is 7.88. The van der Waals surface area contributed by atoms with Crippen LogP contribution in [0.3, 0.4) is 0 Å². The standard InChI is InChI=1S/C10H16N2/c1-4-7-12-10(6-3)8-9(5-2)11-12/h4,8H,1,5-7H2,2-3H3. The second-order valence-electron chi connectivity index (χ2n) is 2.80. The Morgan fingerprint density at radius 2 is 2.25 bits per heavy atom. The van der Waals surface area contributed by atoms with Crippen molar-refractivity contribution in [3.8, 4) is 0 Å². The minimum absolute atomic E-state index is 0.823. The molecule has 0 atom stereocenters. The highest BCUT2D eigenvalue weighted by atomic mass is 15.3. The normalized spacial score (nSPS) is 10.2. The molecule has 0 N–H and O–H groups in total. The Labute approximate surface area is 73.9 Å². The Morgan fingerprint density at radius 1 is 1.50 bits per heavy atom. The number of hydrogen-bond acceptors (Lipinski definition) is 1. The number of allylic oxidation sites excluding steroid dienone is 1. The van der Waals surface area contributed by atoms with Crippen LogP contribution in [0.15, 0.2) is 18.7 Å². The molecular formula is C10H16N2. The highest BCUT2D eigenvalue weighted by Gasteiger charge is 2.02. The van der Waals surface area contributed by atoms with Crippen molar-refractivity contribution in [2.24, 2.45) is 0 Å². The van der Waals surface area contributed by atoms with Gasteiger partial charge in [-0.3, -0.25) is 4.68 Å². The average Bonchev–Trinajstić information content (AvgIpc) is 2.48. The van der Waals surface area contributed by atoms with E-state index in [1.54, 1.807) is 0 Å². The minimum atomic E-state index is 0.823. The molecule has 0 unspecified atom stereocenters. The molecule has 1 aromatic rings. The Morgan fingerprint density at radius 3 is 2.75 bits per heavy atom. The fourth-order valence-electron chi connectivity index (χ4n) is 1.25. The summed E-state index contributed by atoms with van der Waals surface area (Å²) in [4.78, 5) is 0. The third kappa shape index (κ3) is 1.76. The van der Waals surface area contributed by atoms with Gasteiger partial charge in [-0.05, 0) is 18.9 Å². The third-order valence-electron chi connectivity index (χ3n) is 1.94. The fraction of sp³-hybridized carbons (Fsp3) is 0.500. The quantitative estimate of drug-likeness (QED) is 0.624. The largest absolute Gasteiger partial charge is 0.266 e. The molecule has 0 aliphatic rings. The zero-order chi connectivity index (χ0) is 8.97. The molecule has 0 spiro atoms. The van der Waals surface area contributed by atoms with Crippen LogP contribution in [0.25, 0.3) is 0 Å². The molecule has 0 aliphatic heterocycles. The van der Waals surface area contributed by atoms with Crippen LogP contribution < -0.4 is 0 Å². The molecule has 0 radical (unpaired) electrons. The van der Waals surface area contributed by atoms with Gasteiger partial charge >= 0.3 is 0 Å². The van der Waals surface area contributed by atoms with E-state index in [4.69, 9.17) is 0 Å². The van der Waals surface area contributed by atoms with Crippen LogP contribution in [0.1, 0.15) is 25.2 Å². The van der Waals surface area contributed by atoms with Crippen molar-refractivity contribution in [3.05, 3.63) is 30.1 Å². The highest BCUT2D eigenvalue weighted by Crippen LogP contribution is 2.05. The predicted octanol–water partition coefficient (Wildman–Crippen LogP) is 2.19. The maximum atomic E-state index is 4.43. The smallest absolute Gasteiger partial charge is 0.0624 e. The Hall–Kier alpha value is -1.05. The monoisotopic (exact) mass is 164 g/mol. The Balaban J connectivity index is 2.91. The molecule has 0 bridgehead atoms. The minimum Gasteiger partial charge on any atom is -0.266 e. The lowest BCUT2D eigenvalue weighted by atomic mass is 10.3. The Kier molecular flexibility index (Phi) is 3.09. The van der Waals surface area contributed by atoms with Crippen molar-refractivity contribution >= 4 is 0 Å². The molecule has 0 saturated carbocycles. The molecule has 0 saturated heterocycles. The lowest BCUT2D eigenvalue weighted by molar-refractivity contribution is 0.653. The first-order chi connectivity index (χ1) is 5.81. The van der Waals surface area contributed by atoms with E-state index in [9.17, 15) is 0 Å². The first-order valence-electron chi connectivity index (χ1n) is 4.48. The van der Waals surface area contributed by atoms with Crippen LogP contribution in [0, 0.1) is 0 Å². The topological polar surface area (TPSA) is 17.8 Å². The van der Waals surface area contributed by atoms with Gasteiger partial charge in [-0.15, -0.1) is 6.58 Å². The predicted molar refractivity (Wildman–Crippen MR) is 51.2 cm³/mol. The molecule has 1 rings (SSSR count).